The van der Waals surface area contributed by atoms with Gasteiger partial charge in [-0.25, -0.2) is 22.8 Å². The van der Waals surface area contributed by atoms with Crippen molar-refractivity contribution in [1.29, 1.82) is 0 Å². The van der Waals surface area contributed by atoms with E-state index >= 15 is 0 Å². The molecular weight excluding hydrogens is 396 g/mol. The highest BCUT2D eigenvalue weighted by Gasteiger charge is 2.31. The Morgan fingerprint density at radius 2 is 1.64 bits per heavy atom. The van der Waals surface area contributed by atoms with Crippen LogP contribution < -0.4 is 5.32 Å². The van der Waals surface area contributed by atoms with Gasteiger partial charge in [-0.1, -0.05) is 0 Å². The zero-order chi connectivity index (χ0) is 21.1. The first-order valence-corrected chi connectivity index (χ1v) is 7.39. The second kappa shape index (κ2) is 8.19. The minimum Gasteiger partial charge on any atom is -0.465 e. The number of amides is 1. The Hall–Kier alpha value is -3.24. The smallest absolute Gasteiger partial charge is 0.416 e. The fourth-order valence-electron chi connectivity index (χ4n) is 2.08. The van der Waals surface area contributed by atoms with Gasteiger partial charge in [-0.2, -0.15) is 13.2 Å². The molecule has 28 heavy (non-hydrogen) atoms. The SMILES string of the molecule is COC(=O)c1cc(F)c(F)cc1NC(=O)OCc1cc(C(F)(F)F)ccc1F. The summed E-state index contributed by atoms with van der Waals surface area (Å²) in [6, 6.07) is 2.49. The number of hydrogen-bond donors (Lipinski definition) is 1. The van der Waals surface area contributed by atoms with Crippen LogP contribution in [0.3, 0.4) is 0 Å². The normalized spacial score (nSPS) is 11.1. The van der Waals surface area contributed by atoms with Crippen molar-refractivity contribution in [2.24, 2.45) is 0 Å². The van der Waals surface area contributed by atoms with Crippen molar-refractivity contribution >= 4 is 17.7 Å². The Kier molecular flexibility index (Phi) is 6.16. The van der Waals surface area contributed by atoms with Gasteiger partial charge in [-0.15, -0.1) is 0 Å². The predicted octanol–water partition coefficient (Wildman–Crippen LogP) is 4.66. The van der Waals surface area contributed by atoms with E-state index in [1.54, 1.807) is 0 Å². The van der Waals surface area contributed by atoms with Crippen molar-refractivity contribution in [2.45, 2.75) is 12.8 Å². The quantitative estimate of drug-likeness (QED) is 0.592. The van der Waals surface area contributed by atoms with E-state index in [1.165, 1.54) is 0 Å². The Balaban J connectivity index is 2.16. The summed E-state index contributed by atoms with van der Waals surface area (Å²) < 4.78 is 87.2. The number of carbonyl (C=O) groups is 2. The maximum atomic E-state index is 13.6. The number of carbonyl (C=O) groups excluding carboxylic acids is 2. The van der Waals surface area contributed by atoms with E-state index in [1.807, 2.05) is 5.32 Å². The van der Waals surface area contributed by atoms with Crippen LogP contribution in [0, 0.1) is 17.5 Å². The molecule has 0 radical (unpaired) electrons. The molecule has 0 heterocycles. The number of alkyl halides is 3. The molecule has 5 nitrogen and oxygen atoms in total. The second-order valence-corrected chi connectivity index (χ2v) is 5.31. The van der Waals surface area contributed by atoms with Gasteiger partial charge in [0.15, 0.2) is 11.6 Å². The Bertz CT molecular complexity index is 913. The lowest BCUT2D eigenvalue weighted by atomic mass is 10.1. The molecule has 2 aromatic rings. The number of benzene rings is 2. The molecule has 0 aliphatic rings. The first-order valence-electron chi connectivity index (χ1n) is 7.39. The molecule has 11 heteroatoms. The molecule has 1 N–H and O–H groups in total. The number of halogens is 6. The van der Waals surface area contributed by atoms with Gasteiger partial charge in [0, 0.05) is 11.6 Å². The van der Waals surface area contributed by atoms with Crippen LogP contribution in [0.4, 0.5) is 36.8 Å². The van der Waals surface area contributed by atoms with Gasteiger partial charge < -0.3 is 9.47 Å². The second-order valence-electron chi connectivity index (χ2n) is 5.31. The molecule has 0 fully saturated rings. The fraction of sp³-hybridized carbons (Fsp3) is 0.176. The van der Waals surface area contributed by atoms with E-state index in [9.17, 15) is 35.9 Å². The summed E-state index contributed by atoms with van der Waals surface area (Å²) in [5, 5.41) is 1.92. The van der Waals surface area contributed by atoms with Crippen molar-refractivity contribution in [2.75, 3.05) is 12.4 Å². The zero-order valence-electron chi connectivity index (χ0n) is 14.0. The summed E-state index contributed by atoms with van der Waals surface area (Å²) in [4.78, 5) is 23.4. The molecule has 0 saturated carbocycles. The minimum absolute atomic E-state index is 0.458. The van der Waals surface area contributed by atoms with E-state index in [4.69, 9.17) is 0 Å². The van der Waals surface area contributed by atoms with E-state index in [-0.39, 0.29) is 0 Å². The number of anilines is 1. The van der Waals surface area contributed by atoms with Gasteiger partial charge in [0.2, 0.25) is 0 Å². The van der Waals surface area contributed by atoms with E-state index in [0.29, 0.717) is 30.3 Å². The van der Waals surface area contributed by atoms with Crippen LogP contribution in [0.5, 0.6) is 0 Å². The van der Waals surface area contributed by atoms with Gasteiger partial charge >= 0.3 is 18.2 Å². The summed E-state index contributed by atoms with van der Waals surface area (Å²) in [5.74, 6) is -4.93. The lowest BCUT2D eigenvalue weighted by Gasteiger charge is -2.12. The molecule has 2 rings (SSSR count). The molecule has 2 aromatic carbocycles. The van der Waals surface area contributed by atoms with Crippen molar-refractivity contribution in [3.05, 3.63) is 64.5 Å². The number of ether oxygens (including phenoxy) is 2. The summed E-state index contributed by atoms with van der Waals surface area (Å²) in [7, 11) is 0.960. The average Bonchev–Trinajstić information content (AvgIpc) is 2.62. The van der Waals surface area contributed by atoms with E-state index in [0.717, 1.165) is 7.11 Å². The molecule has 0 aliphatic heterocycles. The number of methoxy groups -OCH3 is 1. The highest BCUT2D eigenvalue weighted by Crippen LogP contribution is 2.30. The topological polar surface area (TPSA) is 64.6 Å². The highest BCUT2D eigenvalue weighted by atomic mass is 19.4. The summed E-state index contributed by atoms with van der Waals surface area (Å²) in [5.41, 5.74) is -2.77. The van der Waals surface area contributed by atoms with Crippen LogP contribution in [0.1, 0.15) is 21.5 Å². The van der Waals surface area contributed by atoms with Gasteiger partial charge in [0.1, 0.15) is 12.4 Å². The van der Waals surface area contributed by atoms with E-state index in [2.05, 4.69) is 9.47 Å². The molecule has 150 valence electrons. The molecule has 0 aliphatic carbocycles. The van der Waals surface area contributed by atoms with E-state index < -0.39 is 64.7 Å². The molecule has 1 amide bonds. The summed E-state index contributed by atoms with van der Waals surface area (Å²) in [6.45, 7) is -0.890. The third kappa shape index (κ3) is 4.93. The van der Waals surface area contributed by atoms with Gasteiger partial charge in [-0.05, 0) is 24.3 Å². The lowest BCUT2D eigenvalue weighted by Crippen LogP contribution is -2.18. The summed E-state index contributed by atoms with van der Waals surface area (Å²) >= 11 is 0. The molecule has 0 aromatic heterocycles. The first-order chi connectivity index (χ1) is 13.0. The predicted molar refractivity (Wildman–Crippen MR) is 82.9 cm³/mol. The third-order valence-electron chi connectivity index (χ3n) is 3.43. The standard InChI is InChI=1S/C17H11F6NO4/c1-27-15(25)10-5-12(19)13(20)6-14(10)24-16(26)28-7-8-4-9(17(21,22)23)2-3-11(8)18/h2-6H,7H2,1H3,(H,24,26). The van der Waals surface area contributed by atoms with Crippen LogP contribution in [0.2, 0.25) is 0 Å². The Morgan fingerprint density at radius 3 is 2.25 bits per heavy atom. The van der Waals surface area contributed by atoms with Crippen LogP contribution in [0.25, 0.3) is 0 Å². The Labute approximate surface area is 153 Å². The number of nitrogens with one attached hydrogen (secondary N) is 1. The highest BCUT2D eigenvalue weighted by molar-refractivity contribution is 5.99. The van der Waals surface area contributed by atoms with Crippen LogP contribution in [-0.2, 0) is 22.3 Å². The Morgan fingerprint density at radius 1 is 1.00 bits per heavy atom. The lowest BCUT2D eigenvalue weighted by molar-refractivity contribution is -0.137. The molecule has 0 bridgehead atoms. The van der Waals surface area contributed by atoms with Gasteiger partial charge in [0.25, 0.3) is 0 Å². The number of esters is 1. The van der Waals surface area contributed by atoms with Gasteiger partial charge in [-0.3, -0.25) is 5.32 Å². The zero-order valence-corrected chi connectivity index (χ0v) is 14.0. The molecule has 0 atom stereocenters. The van der Waals surface area contributed by atoms with Crippen LogP contribution in [-0.4, -0.2) is 19.2 Å². The van der Waals surface area contributed by atoms with Crippen molar-refractivity contribution < 1.29 is 45.4 Å². The number of rotatable bonds is 4. The average molecular weight is 407 g/mol. The van der Waals surface area contributed by atoms with Crippen LogP contribution >= 0.6 is 0 Å². The molecular formula is C17H11F6NO4. The van der Waals surface area contributed by atoms with Gasteiger partial charge in [0.05, 0.1) is 23.9 Å². The van der Waals surface area contributed by atoms with Crippen molar-refractivity contribution in [1.82, 2.24) is 0 Å². The maximum Gasteiger partial charge on any atom is 0.416 e. The molecule has 0 spiro atoms. The van der Waals surface area contributed by atoms with Crippen LogP contribution in [0.15, 0.2) is 30.3 Å². The number of hydrogen-bond acceptors (Lipinski definition) is 4. The summed E-state index contributed by atoms with van der Waals surface area (Å²) in [6.07, 6.45) is -6.08. The first kappa shape index (κ1) is 21.1. The monoisotopic (exact) mass is 407 g/mol. The molecule has 0 saturated heterocycles. The van der Waals surface area contributed by atoms with Crippen molar-refractivity contribution in [3.63, 3.8) is 0 Å². The third-order valence-corrected chi connectivity index (χ3v) is 3.43. The largest absolute Gasteiger partial charge is 0.465 e. The minimum atomic E-state index is -4.73. The molecule has 0 unspecified atom stereocenters. The maximum absolute atomic E-state index is 13.6. The van der Waals surface area contributed by atoms with Crippen molar-refractivity contribution in [3.8, 4) is 0 Å². The fourth-order valence-corrected chi connectivity index (χ4v) is 2.08.